The van der Waals surface area contributed by atoms with Gasteiger partial charge in [0.1, 0.15) is 6.10 Å². The Hall–Kier alpha value is -1.88. The largest absolute Gasteiger partial charge is 0.441 e. The first-order valence-electron chi connectivity index (χ1n) is 6.35. The summed E-state index contributed by atoms with van der Waals surface area (Å²) in [7, 11) is 0. The number of allylic oxidation sites excluding steroid dienone is 3. The minimum Gasteiger partial charge on any atom is -0.441 e. The van der Waals surface area contributed by atoms with Crippen molar-refractivity contribution in [2.24, 2.45) is 0 Å². The van der Waals surface area contributed by atoms with Gasteiger partial charge in [0, 0.05) is 4.88 Å². The summed E-state index contributed by atoms with van der Waals surface area (Å²) in [4.78, 5) is 12.9. The Kier molecular flexibility index (Phi) is 6.18. The fourth-order valence-electron chi connectivity index (χ4n) is 1.68. The first-order valence-corrected chi connectivity index (χ1v) is 7.12. The van der Waals surface area contributed by atoms with Crippen LogP contribution in [0.3, 0.4) is 0 Å². The maximum Gasteiger partial charge on any atom is 0.412 e. The molecule has 1 amide bonds. The monoisotopic (exact) mass is 292 g/mol. The Morgan fingerprint density at radius 1 is 1.50 bits per heavy atom. The molecule has 108 valence electrons. The molecule has 1 atom stereocenters. The van der Waals surface area contributed by atoms with Crippen LogP contribution in [0.25, 0.3) is 0 Å². The SMILES string of the molecule is C=C/C=C(\C=C/C)C(C)OC(=O)Nc1c(C)nsc1C. The van der Waals surface area contributed by atoms with Crippen LogP contribution in [0.4, 0.5) is 10.5 Å². The van der Waals surface area contributed by atoms with E-state index in [2.05, 4.69) is 16.3 Å². The minimum absolute atomic E-state index is 0.351. The molecule has 0 aromatic carbocycles. The Morgan fingerprint density at radius 3 is 2.70 bits per heavy atom. The summed E-state index contributed by atoms with van der Waals surface area (Å²) in [5.41, 5.74) is 2.41. The molecule has 4 nitrogen and oxygen atoms in total. The second kappa shape index (κ2) is 7.65. The van der Waals surface area contributed by atoms with Gasteiger partial charge >= 0.3 is 6.09 Å². The third-order valence-electron chi connectivity index (χ3n) is 2.68. The number of nitrogens with zero attached hydrogens (tertiary/aromatic N) is 1. The van der Waals surface area contributed by atoms with E-state index in [9.17, 15) is 4.79 Å². The third kappa shape index (κ3) is 4.35. The third-order valence-corrected chi connectivity index (χ3v) is 3.53. The second-order valence-corrected chi connectivity index (χ2v) is 5.25. The first-order chi connectivity index (χ1) is 9.49. The van der Waals surface area contributed by atoms with Crippen LogP contribution in [0.15, 0.2) is 36.5 Å². The number of carbonyl (C=O) groups excluding carboxylic acids is 1. The van der Waals surface area contributed by atoms with E-state index >= 15 is 0 Å². The van der Waals surface area contributed by atoms with E-state index in [1.807, 2.05) is 45.9 Å². The number of hydrogen-bond acceptors (Lipinski definition) is 4. The first kappa shape index (κ1) is 16.2. The maximum absolute atomic E-state index is 11.9. The number of nitrogens with one attached hydrogen (secondary N) is 1. The summed E-state index contributed by atoms with van der Waals surface area (Å²) < 4.78 is 9.54. The molecular formula is C15H20N2O2S. The van der Waals surface area contributed by atoms with E-state index in [-0.39, 0.29) is 6.10 Å². The molecule has 0 radical (unpaired) electrons. The van der Waals surface area contributed by atoms with Gasteiger partial charge in [-0.3, -0.25) is 5.32 Å². The lowest BCUT2D eigenvalue weighted by Gasteiger charge is -2.15. The standard InChI is InChI=1S/C15H20N2O2S/c1-6-8-13(9-7-2)11(4)19-15(18)16-14-10(3)17-20-12(14)5/h6-9,11H,1H2,2-5H3,(H,16,18)/b9-7-,13-8+. The number of amides is 1. The lowest BCUT2D eigenvalue weighted by molar-refractivity contribution is 0.138. The van der Waals surface area contributed by atoms with Crippen LogP contribution in [-0.2, 0) is 4.74 Å². The molecule has 0 bridgehead atoms. The molecule has 0 fully saturated rings. The van der Waals surface area contributed by atoms with Crippen LogP contribution in [-0.4, -0.2) is 16.6 Å². The summed E-state index contributed by atoms with van der Waals surface area (Å²) in [6, 6.07) is 0. The highest BCUT2D eigenvalue weighted by molar-refractivity contribution is 7.06. The van der Waals surface area contributed by atoms with Gasteiger partial charge in [0.05, 0.1) is 11.4 Å². The predicted octanol–water partition coefficient (Wildman–Crippen LogP) is 4.39. The van der Waals surface area contributed by atoms with Crippen molar-refractivity contribution in [2.75, 3.05) is 5.32 Å². The van der Waals surface area contributed by atoms with Crippen LogP contribution in [0, 0.1) is 13.8 Å². The van der Waals surface area contributed by atoms with E-state index in [1.54, 1.807) is 6.08 Å². The molecule has 0 aliphatic rings. The number of ether oxygens (including phenoxy) is 1. The fraction of sp³-hybridized carbons (Fsp3) is 0.333. The van der Waals surface area contributed by atoms with Crippen molar-refractivity contribution < 1.29 is 9.53 Å². The van der Waals surface area contributed by atoms with Crippen molar-refractivity contribution in [3.05, 3.63) is 47.0 Å². The van der Waals surface area contributed by atoms with Crippen molar-refractivity contribution in [3.63, 3.8) is 0 Å². The van der Waals surface area contributed by atoms with Gasteiger partial charge in [0.15, 0.2) is 0 Å². The van der Waals surface area contributed by atoms with E-state index in [4.69, 9.17) is 4.74 Å². The number of carbonyl (C=O) groups is 1. The number of aryl methyl sites for hydroxylation is 2. The molecule has 0 spiro atoms. The molecule has 1 aromatic heterocycles. The topological polar surface area (TPSA) is 51.2 Å². The van der Waals surface area contributed by atoms with E-state index in [0.717, 1.165) is 21.8 Å². The van der Waals surface area contributed by atoms with Gasteiger partial charge in [-0.25, -0.2) is 4.79 Å². The summed E-state index contributed by atoms with van der Waals surface area (Å²) >= 11 is 1.36. The van der Waals surface area contributed by atoms with Crippen molar-refractivity contribution in [2.45, 2.75) is 33.8 Å². The molecule has 1 heterocycles. The molecule has 0 aliphatic carbocycles. The molecule has 0 aliphatic heterocycles. The lowest BCUT2D eigenvalue weighted by atomic mass is 10.1. The summed E-state index contributed by atoms with van der Waals surface area (Å²) in [5, 5.41) is 2.74. The summed E-state index contributed by atoms with van der Waals surface area (Å²) in [6.07, 6.45) is 6.44. The molecule has 1 N–H and O–H groups in total. The molecule has 20 heavy (non-hydrogen) atoms. The average Bonchev–Trinajstić information content (AvgIpc) is 2.70. The van der Waals surface area contributed by atoms with Crippen LogP contribution in [0.5, 0.6) is 0 Å². The number of aromatic nitrogens is 1. The van der Waals surface area contributed by atoms with E-state index in [1.165, 1.54) is 11.5 Å². The Labute approximate surface area is 124 Å². The molecule has 0 saturated heterocycles. The molecule has 1 rings (SSSR count). The quantitative estimate of drug-likeness (QED) is 0.819. The van der Waals surface area contributed by atoms with Gasteiger partial charge in [-0.05, 0) is 44.8 Å². The Bertz CT molecular complexity index is 525. The number of anilines is 1. The molecule has 0 saturated carbocycles. The Morgan fingerprint density at radius 2 is 2.20 bits per heavy atom. The zero-order valence-corrected chi connectivity index (χ0v) is 13.1. The summed E-state index contributed by atoms with van der Waals surface area (Å²) in [5.74, 6) is 0. The lowest BCUT2D eigenvalue weighted by Crippen LogP contribution is -2.21. The summed E-state index contributed by atoms with van der Waals surface area (Å²) in [6.45, 7) is 11.1. The highest BCUT2D eigenvalue weighted by atomic mass is 32.1. The highest BCUT2D eigenvalue weighted by Gasteiger charge is 2.15. The van der Waals surface area contributed by atoms with Crippen molar-refractivity contribution in [3.8, 4) is 0 Å². The van der Waals surface area contributed by atoms with Gasteiger partial charge in [-0.2, -0.15) is 4.37 Å². The molecular weight excluding hydrogens is 272 g/mol. The van der Waals surface area contributed by atoms with Crippen molar-refractivity contribution >= 4 is 23.3 Å². The smallest absolute Gasteiger partial charge is 0.412 e. The van der Waals surface area contributed by atoms with Gasteiger partial charge in [-0.15, -0.1) is 0 Å². The molecule has 5 heteroatoms. The van der Waals surface area contributed by atoms with Crippen LogP contribution < -0.4 is 5.32 Å². The maximum atomic E-state index is 11.9. The van der Waals surface area contributed by atoms with E-state index in [0.29, 0.717) is 0 Å². The molecule has 1 unspecified atom stereocenters. The fourth-order valence-corrected chi connectivity index (χ4v) is 2.33. The van der Waals surface area contributed by atoms with Crippen LogP contribution in [0.1, 0.15) is 24.4 Å². The predicted molar refractivity (Wildman–Crippen MR) is 84.2 cm³/mol. The normalized spacial score (nSPS) is 13.3. The minimum atomic E-state index is -0.483. The number of rotatable bonds is 5. The van der Waals surface area contributed by atoms with Crippen molar-refractivity contribution in [1.82, 2.24) is 4.37 Å². The number of hydrogen-bond donors (Lipinski definition) is 1. The van der Waals surface area contributed by atoms with Gasteiger partial charge < -0.3 is 4.74 Å². The Balaban J connectivity index is 2.71. The zero-order valence-electron chi connectivity index (χ0n) is 12.3. The van der Waals surface area contributed by atoms with Crippen LogP contribution in [0.2, 0.25) is 0 Å². The van der Waals surface area contributed by atoms with E-state index < -0.39 is 6.09 Å². The van der Waals surface area contributed by atoms with Crippen molar-refractivity contribution in [1.29, 1.82) is 0 Å². The van der Waals surface area contributed by atoms with Gasteiger partial charge in [0.25, 0.3) is 0 Å². The van der Waals surface area contributed by atoms with Crippen LogP contribution >= 0.6 is 11.5 Å². The average molecular weight is 292 g/mol. The van der Waals surface area contributed by atoms with Gasteiger partial charge in [-0.1, -0.05) is 30.9 Å². The molecule has 1 aromatic rings. The second-order valence-electron chi connectivity index (χ2n) is 4.27. The highest BCUT2D eigenvalue weighted by Crippen LogP contribution is 2.23. The van der Waals surface area contributed by atoms with Gasteiger partial charge in [0.2, 0.25) is 0 Å². The zero-order chi connectivity index (χ0) is 15.1.